The highest BCUT2D eigenvalue weighted by molar-refractivity contribution is 6.14. The van der Waals surface area contributed by atoms with Crippen molar-refractivity contribution in [1.29, 1.82) is 0 Å². The first-order valence-electron chi connectivity index (χ1n) is 7.51. The number of halogens is 2. The van der Waals surface area contributed by atoms with Gasteiger partial charge in [0.15, 0.2) is 6.29 Å². The molecule has 25 heavy (non-hydrogen) atoms. The summed E-state index contributed by atoms with van der Waals surface area (Å²) in [6.45, 7) is 3.91. The molecule has 0 saturated heterocycles. The smallest absolute Gasteiger partial charge is 0.221 e. The van der Waals surface area contributed by atoms with Gasteiger partial charge in [-0.2, -0.15) is 4.98 Å². The van der Waals surface area contributed by atoms with Crippen molar-refractivity contribution in [2.24, 2.45) is 0 Å². The normalized spacial score (nSPS) is 11.7. The summed E-state index contributed by atoms with van der Waals surface area (Å²) in [5.74, 6) is -1.29. The number of nitrogens with two attached hydrogens (primary N) is 2. The highest BCUT2D eigenvalue weighted by Gasteiger charge is 2.15. The van der Waals surface area contributed by atoms with E-state index in [2.05, 4.69) is 9.97 Å². The molecule has 2 aromatic rings. The third-order valence-electron chi connectivity index (χ3n) is 3.77. The Balaban J connectivity index is 2.59. The third-order valence-corrected chi connectivity index (χ3v) is 3.77. The van der Waals surface area contributed by atoms with E-state index in [1.165, 1.54) is 12.3 Å². The van der Waals surface area contributed by atoms with Crippen molar-refractivity contribution in [2.75, 3.05) is 23.4 Å². The Bertz CT molecular complexity index is 813. The van der Waals surface area contributed by atoms with Gasteiger partial charge >= 0.3 is 0 Å². The number of hydrogen-bond acceptors (Lipinski definition) is 6. The van der Waals surface area contributed by atoms with Crippen LogP contribution in [0.5, 0.6) is 0 Å². The van der Waals surface area contributed by atoms with Crippen LogP contribution in [0.25, 0.3) is 11.6 Å². The molecule has 0 aliphatic carbocycles. The Morgan fingerprint density at radius 2 is 1.84 bits per heavy atom. The molecular formula is C17H19F2N5O. The number of anilines is 3. The number of hydrogen-bond donors (Lipinski definition) is 2. The maximum Gasteiger partial charge on any atom is 0.221 e. The van der Waals surface area contributed by atoms with Gasteiger partial charge < -0.3 is 16.4 Å². The summed E-state index contributed by atoms with van der Waals surface area (Å²) in [6, 6.07) is 2.11. The lowest BCUT2D eigenvalue weighted by Gasteiger charge is -2.24. The average Bonchev–Trinajstić information content (AvgIpc) is 2.57. The average molecular weight is 347 g/mol. The van der Waals surface area contributed by atoms with Gasteiger partial charge in [-0.15, -0.1) is 0 Å². The van der Waals surface area contributed by atoms with Gasteiger partial charge in [-0.25, -0.2) is 13.8 Å². The molecule has 6 nitrogen and oxygen atoms in total. The van der Waals surface area contributed by atoms with Crippen LogP contribution in [0, 0.1) is 11.6 Å². The van der Waals surface area contributed by atoms with Crippen molar-refractivity contribution < 1.29 is 13.6 Å². The molecule has 0 fully saturated rings. The van der Waals surface area contributed by atoms with Crippen molar-refractivity contribution in [2.45, 2.75) is 19.9 Å². The molecule has 0 spiro atoms. The van der Waals surface area contributed by atoms with Crippen LogP contribution in [-0.4, -0.2) is 29.3 Å². The van der Waals surface area contributed by atoms with Crippen LogP contribution in [0.3, 0.4) is 0 Å². The summed E-state index contributed by atoms with van der Waals surface area (Å²) in [6.07, 6.45) is 3.40. The molecule has 1 heterocycles. The van der Waals surface area contributed by atoms with E-state index >= 15 is 0 Å². The minimum absolute atomic E-state index is 0.0598. The predicted molar refractivity (Wildman–Crippen MR) is 94.7 cm³/mol. The van der Waals surface area contributed by atoms with Crippen LogP contribution in [0.2, 0.25) is 0 Å². The first-order chi connectivity index (χ1) is 11.7. The maximum atomic E-state index is 13.7. The quantitative estimate of drug-likeness (QED) is 0.490. The van der Waals surface area contributed by atoms with Crippen molar-refractivity contribution in [1.82, 2.24) is 9.97 Å². The Hall–Kier alpha value is -3.03. The van der Waals surface area contributed by atoms with Crippen LogP contribution in [-0.2, 0) is 4.79 Å². The molecule has 0 amide bonds. The van der Waals surface area contributed by atoms with E-state index in [-0.39, 0.29) is 23.1 Å². The second kappa shape index (κ2) is 7.25. The van der Waals surface area contributed by atoms with E-state index < -0.39 is 17.3 Å². The topological polar surface area (TPSA) is 98.1 Å². The summed E-state index contributed by atoms with van der Waals surface area (Å²) < 4.78 is 27.4. The van der Waals surface area contributed by atoms with Gasteiger partial charge in [0.25, 0.3) is 0 Å². The largest absolute Gasteiger partial charge is 0.394 e. The van der Waals surface area contributed by atoms with Crippen molar-refractivity contribution in [3.63, 3.8) is 0 Å². The molecule has 0 atom stereocenters. The van der Waals surface area contributed by atoms with Gasteiger partial charge in [0.1, 0.15) is 23.1 Å². The maximum absolute atomic E-state index is 13.7. The van der Waals surface area contributed by atoms with Gasteiger partial charge in [-0.1, -0.05) is 0 Å². The predicted octanol–water partition coefficient (Wildman–Crippen LogP) is 2.50. The number of nitrogen functional groups attached to an aromatic ring is 2. The molecule has 8 heteroatoms. The molecule has 1 aromatic heterocycles. The zero-order valence-electron chi connectivity index (χ0n) is 14.1. The number of carbonyl (C=O) groups is 1. The van der Waals surface area contributed by atoms with E-state index in [4.69, 9.17) is 11.5 Å². The zero-order chi connectivity index (χ0) is 18.7. The van der Waals surface area contributed by atoms with E-state index in [1.54, 1.807) is 0 Å². The fraction of sp³-hybridized carbons (Fsp3) is 0.235. The molecule has 0 unspecified atom stereocenters. The number of allylic oxidation sites excluding steroid dienone is 1. The fourth-order valence-corrected chi connectivity index (χ4v) is 2.13. The molecular weight excluding hydrogens is 328 g/mol. The van der Waals surface area contributed by atoms with Gasteiger partial charge in [0, 0.05) is 30.4 Å². The highest BCUT2D eigenvalue weighted by Crippen LogP contribution is 2.26. The summed E-state index contributed by atoms with van der Waals surface area (Å²) in [5.41, 5.74) is 10.9. The Labute approximate surface area is 144 Å². The molecule has 2 rings (SSSR count). The minimum Gasteiger partial charge on any atom is -0.394 e. The van der Waals surface area contributed by atoms with Gasteiger partial charge in [-0.05, 0) is 37.6 Å². The Kier molecular flexibility index (Phi) is 5.31. The van der Waals surface area contributed by atoms with Crippen LogP contribution < -0.4 is 16.4 Å². The summed E-state index contributed by atoms with van der Waals surface area (Å²) >= 11 is 0. The van der Waals surface area contributed by atoms with E-state index in [1.807, 2.05) is 25.8 Å². The van der Waals surface area contributed by atoms with Gasteiger partial charge in [0.2, 0.25) is 5.95 Å². The zero-order valence-corrected chi connectivity index (χ0v) is 14.1. The molecule has 132 valence electrons. The number of nitrogens with zero attached hydrogens (tertiary/aromatic N) is 3. The monoisotopic (exact) mass is 347 g/mol. The third kappa shape index (κ3) is 3.90. The molecule has 0 aliphatic rings. The highest BCUT2D eigenvalue weighted by atomic mass is 19.1. The number of aromatic nitrogens is 2. The Morgan fingerprint density at radius 1 is 1.24 bits per heavy atom. The second-order valence-electron chi connectivity index (χ2n) is 5.78. The van der Waals surface area contributed by atoms with Crippen LogP contribution in [0.1, 0.15) is 25.0 Å². The minimum atomic E-state index is -0.934. The lowest BCUT2D eigenvalue weighted by Crippen LogP contribution is -2.27. The lowest BCUT2D eigenvalue weighted by molar-refractivity contribution is -0.103. The standard InChI is InChI=1S/C17H19F2N5O/c1-9(2)24(3)16-11(7-22-17(21)23-16)4-12(8-25)10-5-13(18)15(20)14(19)6-10/h4-9H,20H2,1-3H3,(H2,21,22,23)/b12-4+. The molecule has 0 aliphatic heterocycles. The van der Waals surface area contributed by atoms with E-state index in [0.717, 1.165) is 12.1 Å². The summed E-state index contributed by atoms with van der Waals surface area (Å²) in [4.78, 5) is 21.4. The van der Waals surface area contributed by atoms with E-state index in [0.29, 0.717) is 17.7 Å². The number of carbonyl (C=O) groups excluding carboxylic acids is 1. The van der Waals surface area contributed by atoms with Crippen LogP contribution in [0.15, 0.2) is 18.3 Å². The molecule has 0 bridgehead atoms. The first-order valence-corrected chi connectivity index (χ1v) is 7.51. The summed E-state index contributed by atoms with van der Waals surface area (Å²) in [5, 5.41) is 0. The first kappa shape index (κ1) is 18.3. The van der Waals surface area contributed by atoms with Gasteiger partial charge in [-0.3, -0.25) is 4.79 Å². The summed E-state index contributed by atoms with van der Waals surface area (Å²) in [7, 11) is 1.81. The van der Waals surface area contributed by atoms with Crippen LogP contribution in [0.4, 0.5) is 26.2 Å². The van der Waals surface area contributed by atoms with Gasteiger partial charge in [0.05, 0.1) is 0 Å². The van der Waals surface area contributed by atoms with Crippen molar-refractivity contribution in [3.05, 3.63) is 41.1 Å². The molecule has 4 N–H and O–H groups in total. The Morgan fingerprint density at radius 3 is 2.36 bits per heavy atom. The van der Waals surface area contributed by atoms with Crippen molar-refractivity contribution in [3.8, 4) is 0 Å². The molecule has 0 radical (unpaired) electrons. The molecule has 0 saturated carbocycles. The van der Waals surface area contributed by atoms with E-state index in [9.17, 15) is 13.6 Å². The van der Waals surface area contributed by atoms with Crippen LogP contribution >= 0.6 is 0 Å². The SMILES string of the molecule is CC(C)N(C)c1nc(N)ncc1/C=C(\C=O)c1cc(F)c(N)c(F)c1. The molecule has 1 aromatic carbocycles. The second-order valence-corrected chi connectivity index (χ2v) is 5.78. The lowest BCUT2D eigenvalue weighted by atomic mass is 10.0. The number of aldehydes is 1. The fourth-order valence-electron chi connectivity index (χ4n) is 2.13. The number of rotatable bonds is 5. The van der Waals surface area contributed by atoms with Crippen molar-refractivity contribution >= 4 is 35.4 Å². The number of benzene rings is 1.